The summed E-state index contributed by atoms with van der Waals surface area (Å²) in [4.78, 5) is 12.2. The van der Waals surface area contributed by atoms with E-state index in [1.165, 1.54) is 22.9 Å². The van der Waals surface area contributed by atoms with E-state index in [4.69, 9.17) is 4.74 Å². The molecule has 1 unspecified atom stereocenters. The molecule has 0 fully saturated rings. The van der Waals surface area contributed by atoms with Crippen molar-refractivity contribution in [3.05, 3.63) is 59.7 Å². The molecule has 0 N–H and O–H groups in total. The summed E-state index contributed by atoms with van der Waals surface area (Å²) < 4.78 is 5.04. The molecule has 3 heteroatoms. The Morgan fingerprint density at radius 2 is 1.65 bits per heavy atom. The van der Waals surface area contributed by atoms with Crippen molar-refractivity contribution in [1.29, 1.82) is 0 Å². The van der Waals surface area contributed by atoms with Gasteiger partial charge in [0.1, 0.15) is 17.8 Å². The molecule has 0 radical (unpaired) electrons. The van der Waals surface area contributed by atoms with Gasteiger partial charge in [0.2, 0.25) is 0 Å². The van der Waals surface area contributed by atoms with Gasteiger partial charge >= 0.3 is 5.97 Å². The van der Waals surface area contributed by atoms with Crippen LogP contribution in [-0.4, -0.2) is 12.2 Å². The van der Waals surface area contributed by atoms with Crippen molar-refractivity contribution in [2.24, 2.45) is 0 Å². The maximum absolute atomic E-state index is 10.9. The van der Waals surface area contributed by atoms with Crippen LogP contribution in [0, 0.1) is 6.92 Å². The minimum Gasteiger partial charge on any atom is -0.427 e. The Labute approximate surface area is 123 Å². The van der Waals surface area contributed by atoms with E-state index in [1.54, 1.807) is 0 Å². The fraction of sp³-hybridized carbons (Fsp3) is 0.235. The minimum atomic E-state index is -0.284. The van der Waals surface area contributed by atoms with Crippen LogP contribution in [0.3, 0.4) is 0 Å². The van der Waals surface area contributed by atoms with Crippen molar-refractivity contribution in [2.75, 3.05) is 6.26 Å². The lowest BCUT2D eigenvalue weighted by atomic mass is 10.2. The smallest absolute Gasteiger partial charge is 0.308 e. The third-order valence-electron chi connectivity index (χ3n) is 2.99. The molecule has 2 aromatic carbocycles. The van der Waals surface area contributed by atoms with Crippen molar-refractivity contribution in [2.45, 2.75) is 24.5 Å². The highest BCUT2D eigenvalue weighted by Gasteiger charge is 2.16. The van der Waals surface area contributed by atoms with E-state index in [0.29, 0.717) is 5.75 Å². The number of esters is 1. The van der Waals surface area contributed by atoms with E-state index in [1.807, 2.05) is 24.3 Å². The second-order valence-electron chi connectivity index (χ2n) is 4.83. The molecular weight excluding hydrogens is 268 g/mol. The third-order valence-corrected chi connectivity index (χ3v) is 4.83. The molecular formula is C17H19O2S+. The Kier molecular flexibility index (Phi) is 4.85. The molecule has 0 aliphatic heterocycles. The van der Waals surface area contributed by atoms with E-state index >= 15 is 0 Å². The molecule has 0 saturated carbocycles. The molecule has 0 bridgehead atoms. The zero-order chi connectivity index (χ0) is 14.5. The molecule has 0 aliphatic carbocycles. The first kappa shape index (κ1) is 14.7. The molecule has 0 aliphatic rings. The average Bonchev–Trinajstić information content (AvgIpc) is 2.41. The highest BCUT2D eigenvalue weighted by atomic mass is 32.2. The van der Waals surface area contributed by atoms with Crippen molar-refractivity contribution >= 4 is 16.9 Å². The zero-order valence-corrected chi connectivity index (χ0v) is 12.9. The lowest BCUT2D eigenvalue weighted by Gasteiger charge is -2.05. The number of carbonyl (C=O) groups is 1. The van der Waals surface area contributed by atoms with E-state index < -0.39 is 0 Å². The fourth-order valence-corrected chi connectivity index (χ4v) is 3.38. The van der Waals surface area contributed by atoms with Crippen LogP contribution in [0.1, 0.15) is 18.1 Å². The molecule has 0 saturated heterocycles. The Morgan fingerprint density at radius 3 is 2.20 bits per heavy atom. The van der Waals surface area contributed by atoms with E-state index in [2.05, 4.69) is 37.4 Å². The maximum Gasteiger partial charge on any atom is 0.308 e. The average molecular weight is 287 g/mol. The van der Waals surface area contributed by atoms with Gasteiger partial charge in [0.05, 0.1) is 0 Å². The van der Waals surface area contributed by atoms with Gasteiger partial charge in [0.15, 0.2) is 4.90 Å². The first-order valence-electron chi connectivity index (χ1n) is 6.51. The summed E-state index contributed by atoms with van der Waals surface area (Å²) in [5, 5.41) is 0. The van der Waals surface area contributed by atoms with Crippen LogP contribution in [0.15, 0.2) is 53.4 Å². The summed E-state index contributed by atoms with van der Waals surface area (Å²) in [7, 11) is 0.148. The van der Waals surface area contributed by atoms with Crippen molar-refractivity contribution in [3.8, 4) is 5.75 Å². The largest absolute Gasteiger partial charge is 0.427 e. The summed E-state index contributed by atoms with van der Waals surface area (Å²) in [6.07, 6.45) is 2.24. The second-order valence-corrected chi connectivity index (χ2v) is 6.87. The molecule has 2 aromatic rings. The normalized spacial score (nSPS) is 11.9. The van der Waals surface area contributed by atoms with Crippen LogP contribution >= 0.6 is 0 Å². The maximum atomic E-state index is 10.9. The number of hydrogen-bond donors (Lipinski definition) is 0. The predicted octanol–water partition coefficient (Wildman–Crippen LogP) is 3.73. The van der Waals surface area contributed by atoms with Gasteiger partial charge in [-0.05, 0) is 31.2 Å². The Balaban J connectivity index is 2.03. The van der Waals surface area contributed by atoms with E-state index in [-0.39, 0.29) is 16.9 Å². The summed E-state index contributed by atoms with van der Waals surface area (Å²) >= 11 is 0. The molecule has 1 atom stereocenters. The van der Waals surface area contributed by atoms with Gasteiger partial charge in [0.25, 0.3) is 0 Å². The number of rotatable bonds is 4. The van der Waals surface area contributed by atoms with E-state index in [0.717, 1.165) is 5.75 Å². The van der Waals surface area contributed by atoms with Gasteiger partial charge in [-0.1, -0.05) is 29.8 Å². The van der Waals surface area contributed by atoms with Crippen LogP contribution in [0.2, 0.25) is 0 Å². The van der Waals surface area contributed by atoms with Crippen LogP contribution < -0.4 is 4.74 Å². The molecule has 0 aromatic heterocycles. The van der Waals surface area contributed by atoms with Crippen molar-refractivity contribution in [1.82, 2.24) is 0 Å². The quantitative estimate of drug-likeness (QED) is 0.486. The van der Waals surface area contributed by atoms with Gasteiger partial charge in [-0.25, -0.2) is 0 Å². The topological polar surface area (TPSA) is 26.3 Å². The molecule has 0 heterocycles. The molecule has 2 nitrogen and oxygen atoms in total. The predicted molar refractivity (Wildman–Crippen MR) is 84.2 cm³/mol. The Bertz CT molecular complexity index is 573. The highest BCUT2D eigenvalue weighted by molar-refractivity contribution is 7.95. The number of hydrogen-bond acceptors (Lipinski definition) is 2. The van der Waals surface area contributed by atoms with Crippen LogP contribution in [0.4, 0.5) is 0 Å². The summed E-state index contributed by atoms with van der Waals surface area (Å²) in [5.41, 5.74) is 2.64. The number of benzene rings is 2. The van der Waals surface area contributed by atoms with Crippen LogP contribution in [0.5, 0.6) is 5.75 Å². The fourth-order valence-electron chi connectivity index (χ4n) is 1.92. The van der Waals surface area contributed by atoms with Crippen LogP contribution in [-0.2, 0) is 21.4 Å². The lowest BCUT2D eigenvalue weighted by molar-refractivity contribution is -0.131. The van der Waals surface area contributed by atoms with Gasteiger partial charge in [-0.2, -0.15) is 0 Å². The van der Waals surface area contributed by atoms with E-state index in [9.17, 15) is 4.79 Å². The molecule has 20 heavy (non-hydrogen) atoms. The summed E-state index contributed by atoms with van der Waals surface area (Å²) in [5.74, 6) is 1.36. The van der Waals surface area contributed by atoms with Crippen LogP contribution in [0.25, 0.3) is 0 Å². The molecule has 2 rings (SSSR count). The van der Waals surface area contributed by atoms with Gasteiger partial charge in [-0.3, -0.25) is 4.79 Å². The van der Waals surface area contributed by atoms with Crippen molar-refractivity contribution < 1.29 is 9.53 Å². The Hall–Kier alpha value is -1.74. The second kappa shape index (κ2) is 6.62. The number of carbonyl (C=O) groups excluding carboxylic acids is 1. The molecule has 0 amide bonds. The SMILES string of the molecule is CC(=O)Oc1ccc([S+](C)Cc2ccc(C)cc2)cc1. The van der Waals surface area contributed by atoms with Gasteiger partial charge in [0, 0.05) is 23.4 Å². The summed E-state index contributed by atoms with van der Waals surface area (Å²) in [6.45, 7) is 3.51. The van der Waals surface area contributed by atoms with Crippen molar-refractivity contribution in [3.63, 3.8) is 0 Å². The number of aryl methyl sites for hydroxylation is 1. The Morgan fingerprint density at radius 1 is 1.05 bits per heavy atom. The summed E-state index contributed by atoms with van der Waals surface area (Å²) in [6, 6.07) is 16.5. The highest BCUT2D eigenvalue weighted by Crippen LogP contribution is 2.20. The standard InChI is InChI=1S/C17H19O2S/c1-13-4-6-15(7-5-13)12-20(3)17-10-8-16(9-11-17)19-14(2)18/h4-11H,12H2,1-3H3/q+1. The van der Waals surface area contributed by atoms with Gasteiger partial charge < -0.3 is 4.74 Å². The first-order valence-corrected chi connectivity index (χ1v) is 8.31. The number of ether oxygens (including phenoxy) is 1. The zero-order valence-electron chi connectivity index (χ0n) is 12.1. The molecule has 0 spiro atoms. The monoisotopic (exact) mass is 287 g/mol. The first-order chi connectivity index (χ1) is 9.54. The molecule has 104 valence electrons. The van der Waals surface area contributed by atoms with Gasteiger partial charge in [-0.15, -0.1) is 0 Å². The lowest BCUT2D eigenvalue weighted by Crippen LogP contribution is -2.05. The minimum absolute atomic E-state index is 0.148. The third kappa shape index (κ3) is 4.14.